The summed E-state index contributed by atoms with van der Waals surface area (Å²) in [6.07, 6.45) is 0. The van der Waals surface area contributed by atoms with Crippen LogP contribution < -0.4 is 0 Å². The number of hydrogen-bond acceptors (Lipinski definition) is 1. The second-order valence-corrected chi connectivity index (χ2v) is 15.9. The van der Waals surface area contributed by atoms with Crippen LogP contribution in [0.25, 0.3) is 108 Å². The van der Waals surface area contributed by atoms with Crippen molar-refractivity contribution in [1.29, 1.82) is 0 Å². The van der Waals surface area contributed by atoms with E-state index in [1.807, 2.05) is 11.3 Å². The first-order valence-corrected chi connectivity index (χ1v) is 20.4. The highest BCUT2D eigenvalue weighted by Gasteiger charge is 2.18. The zero-order chi connectivity index (χ0) is 37.7. The fourth-order valence-electron chi connectivity index (χ4n) is 8.75. The molecule has 0 N–H and O–H groups in total. The van der Waals surface area contributed by atoms with Crippen molar-refractivity contribution in [2.24, 2.45) is 0 Å². The normalized spacial score (nSPS) is 11.5. The first-order valence-electron chi connectivity index (χ1n) is 19.6. The topological polar surface area (TPSA) is 0 Å². The molecule has 0 bridgehead atoms. The van der Waals surface area contributed by atoms with Crippen molar-refractivity contribution >= 4 is 53.1 Å². The zero-order valence-electron chi connectivity index (χ0n) is 31.2. The summed E-state index contributed by atoms with van der Waals surface area (Å²) in [6, 6.07) is 80.2. The fourth-order valence-corrected chi connectivity index (χ4v) is 9.95. The number of fused-ring (bicyclic) bond motifs is 6. The largest absolute Gasteiger partial charge is 0.135 e. The summed E-state index contributed by atoms with van der Waals surface area (Å²) in [7, 11) is 0. The lowest BCUT2D eigenvalue weighted by molar-refractivity contribution is 1.59. The predicted molar refractivity (Wildman–Crippen MR) is 247 cm³/mol. The maximum absolute atomic E-state index is 2.43. The molecule has 0 saturated carbocycles. The molecule has 0 spiro atoms. The quantitative estimate of drug-likeness (QED) is 0.149. The van der Waals surface area contributed by atoms with Crippen molar-refractivity contribution in [3.05, 3.63) is 218 Å². The third-order valence-corrected chi connectivity index (χ3v) is 12.7. The van der Waals surface area contributed by atoms with Crippen LogP contribution in [0, 0.1) is 0 Å². The van der Waals surface area contributed by atoms with Crippen LogP contribution in [-0.4, -0.2) is 0 Å². The number of rotatable bonds is 6. The van der Waals surface area contributed by atoms with E-state index in [4.69, 9.17) is 0 Å². The summed E-state index contributed by atoms with van der Waals surface area (Å²) in [5, 5.41) is 7.69. The highest BCUT2D eigenvalue weighted by molar-refractivity contribution is 7.26. The van der Waals surface area contributed by atoms with Crippen LogP contribution in [0.2, 0.25) is 0 Å². The summed E-state index contributed by atoms with van der Waals surface area (Å²) in [5.41, 5.74) is 14.8. The molecule has 10 aromatic carbocycles. The van der Waals surface area contributed by atoms with Crippen LogP contribution >= 0.6 is 11.3 Å². The zero-order valence-corrected chi connectivity index (χ0v) is 32.0. The van der Waals surface area contributed by atoms with Crippen molar-refractivity contribution in [3.63, 3.8) is 0 Å². The van der Waals surface area contributed by atoms with E-state index in [0.29, 0.717) is 0 Å². The molecule has 0 unspecified atom stereocenters. The van der Waals surface area contributed by atoms with Crippen molar-refractivity contribution in [3.8, 4) is 66.8 Å². The van der Waals surface area contributed by atoms with Gasteiger partial charge in [-0.2, -0.15) is 0 Å². The third-order valence-electron chi connectivity index (χ3n) is 11.5. The molecule has 0 saturated heterocycles. The first kappa shape index (κ1) is 33.3. The van der Waals surface area contributed by atoms with Gasteiger partial charge in [0.2, 0.25) is 0 Å². The molecule has 0 aliphatic heterocycles. The monoisotopic (exact) mass is 740 g/mol. The van der Waals surface area contributed by atoms with Gasteiger partial charge in [0, 0.05) is 25.7 Å². The summed E-state index contributed by atoms with van der Waals surface area (Å²) < 4.78 is 2.60. The summed E-state index contributed by atoms with van der Waals surface area (Å²) >= 11 is 1.90. The van der Waals surface area contributed by atoms with E-state index in [1.165, 1.54) is 108 Å². The molecule has 0 atom stereocenters. The molecular weight excluding hydrogens is 705 g/mol. The van der Waals surface area contributed by atoms with Gasteiger partial charge in [-0.25, -0.2) is 0 Å². The second-order valence-electron chi connectivity index (χ2n) is 14.8. The Bertz CT molecular complexity index is 3260. The van der Waals surface area contributed by atoms with Gasteiger partial charge in [-0.1, -0.05) is 188 Å². The molecule has 1 aromatic heterocycles. The lowest BCUT2D eigenvalue weighted by Gasteiger charge is -2.14. The Balaban J connectivity index is 1.12. The van der Waals surface area contributed by atoms with Crippen LogP contribution in [0.4, 0.5) is 0 Å². The highest BCUT2D eigenvalue weighted by atomic mass is 32.1. The molecule has 11 aromatic rings. The molecule has 0 aliphatic rings. The summed E-state index contributed by atoms with van der Waals surface area (Å²) in [4.78, 5) is 0. The predicted octanol–water partition coefficient (Wildman–Crippen LogP) is 16.4. The second kappa shape index (κ2) is 13.9. The van der Waals surface area contributed by atoms with E-state index in [-0.39, 0.29) is 0 Å². The smallest absolute Gasteiger partial charge is 0.0434 e. The van der Waals surface area contributed by atoms with Gasteiger partial charge in [0.1, 0.15) is 0 Å². The summed E-state index contributed by atoms with van der Waals surface area (Å²) in [5.74, 6) is 0. The van der Waals surface area contributed by atoms with Gasteiger partial charge in [0.05, 0.1) is 0 Å². The van der Waals surface area contributed by atoms with Crippen LogP contribution in [-0.2, 0) is 0 Å². The Labute approximate surface area is 336 Å². The Kier molecular flexibility index (Phi) is 8.12. The standard InChI is InChI=1S/C56H36S/c1-3-15-37(16-4-1)44-20-9-11-22-46(44)42-31-32-55-53(34-42)54-36-43(48-24-12-10-21-45(48)38-17-5-2-6-18-38)35-52(56(54)57-55)40-29-27-39(28-30-40)51-33-41-19-7-8-23-47(41)49-25-13-14-26-50(49)51/h1-36H. The van der Waals surface area contributed by atoms with Gasteiger partial charge in [-0.05, 0) is 113 Å². The minimum atomic E-state index is 1.22. The van der Waals surface area contributed by atoms with Crippen LogP contribution in [0.3, 0.4) is 0 Å². The van der Waals surface area contributed by atoms with E-state index in [2.05, 4.69) is 218 Å². The minimum absolute atomic E-state index is 1.22. The van der Waals surface area contributed by atoms with Crippen molar-refractivity contribution in [1.82, 2.24) is 0 Å². The van der Waals surface area contributed by atoms with E-state index in [1.54, 1.807) is 0 Å². The maximum Gasteiger partial charge on any atom is 0.0434 e. The summed E-state index contributed by atoms with van der Waals surface area (Å²) in [6.45, 7) is 0. The van der Waals surface area contributed by atoms with Gasteiger partial charge in [-0.15, -0.1) is 11.3 Å². The third kappa shape index (κ3) is 5.84. The lowest BCUT2D eigenvalue weighted by Crippen LogP contribution is -1.88. The number of hydrogen-bond donors (Lipinski definition) is 0. The lowest BCUT2D eigenvalue weighted by atomic mass is 9.89. The van der Waals surface area contributed by atoms with Crippen LogP contribution in [0.15, 0.2) is 218 Å². The van der Waals surface area contributed by atoms with E-state index < -0.39 is 0 Å². The van der Waals surface area contributed by atoms with Gasteiger partial charge >= 0.3 is 0 Å². The minimum Gasteiger partial charge on any atom is -0.135 e. The van der Waals surface area contributed by atoms with Gasteiger partial charge in [0.15, 0.2) is 0 Å². The first-order chi connectivity index (χ1) is 28.3. The Morgan fingerprint density at radius 2 is 0.684 bits per heavy atom. The van der Waals surface area contributed by atoms with E-state index in [0.717, 1.165) is 0 Å². The Morgan fingerprint density at radius 3 is 1.33 bits per heavy atom. The van der Waals surface area contributed by atoms with E-state index in [9.17, 15) is 0 Å². The Hall–Kier alpha value is -7.06. The Morgan fingerprint density at radius 1 is 0.228 bits per heavy atom. The van der Waals surface area contributed by atoms with Crippen LogP contribution in [0.1, 0.15) is 0 Å². The fraction of sp³-hybridized carbons (Fsp3) is 0. The number of thiophene rings is 1. The van der Waals surface area contributed by atoms with Gasteiger partial charge in [0.25, 0.3) is 0 Å². The van der Waals surface area contributed by atoms with Crippen LogP contribution in [0.5, 0.6) is 0 Å². The molecule has 1 heterocycles. The van der Waals surface area contributed by atoms with Crippen molar-refractivity contribution in [2.75, 3.05) is 0 Å². The van der Waals surface area contributed by atoms with E-state index >= 15 is 0 Å². The highest BCUT2D eigenvalue weighted by Crippen LogP contribution is 2.46. The molecule has 0 amide bonds. The molecule has 0 fully saturated rings. The SMILES string of the molecule is c1ccc(-c2ccccc2-c2ccc3sc4c(-c5ccc(-c6cc7ccccc7c7ccccc67)cc5)cc(-c5ccccc5-c5ccccc5)cc4c3c2)cc1. The molecular formula is C56H36S. The molecule has 266 valence electrons. The molecule has 11 rings (SSSR count). The van der Waals surface area contributed by atoms with Gasteiger partial charge < -0.3 is 0 Å². The molecule has 0 aliphatic carbocycles. The number of benzene rings is 10. The molecule has 57 heavy (non-hydrogen) atoms. The van der Waals surface area contributed by atoms with Crippen molar-refractivity contribution in [2.45, 2.75) is 0 Å². The average Bonchev–Trinajstić information content (AvgIpc) is 3.67. The molecule has 0 nitrogen and oxygen atoms in total. The average molecular weight is 741 g/mol. The van der Waals surface area contributed by atoms with Gasteiger partial charge in [-0.3, -0.25) is 0 Å². The molecule has 0 radical (unpaired) electrons. The van der Waals surface area contributed by atoms with Crippen molar-refractivity contribution < 1.29 is 0 Å². The molecule has 1 heteroatoms. The maximum atomic E-state index is 2.43.